The second-order valence-electron chi connectivity index (χ2n) is 7.56. The highest BCUT2D eigenvalue weighted by molar-refractivity contribution is 6.05. The van der Waals surface area contributed by atoms with Gasteiger partial charge in [-0.15, -0.1) is 0 Å². The van der Waals surface area contributed by atoms with Crippen molar-refractivity contribution in [2.75, 3.05) is 19.7 Å². The molecule has 0 radical (unpaired) electrons. The average molecular weight is 398 g/mol. The van der Waals surface area contributed by atoms with Crippen LogP contribution in [-0.2, 0) is 11.3 Å². The molecule has 0 aliphatic carbocycles. The van der Waals surface area contributed by atoms with E-state index in [1.807, 2.05) is 48.7 Å². The van der Waals surface area contributed by atoms with Crippen LogP contribution in [0, 0.1) is 0 Å². The summed E-state index contributed by atoms with van der Waals surface area (Å²) < 4.78 is 6.03. The number of aromatic nitrogens is 2. The van der Waals surface area contributed by atoms with E-state index in [1.165, 1.54) is 10.9 Å². The van der Waals surface area contributed by atoms with Crippen molar-refractivity contribution >= 4 is 27.7 Å². The van der Waals surface area contributed by atoms with Crippen LogP contribution in [0.4, 0.5) is 0 Å². The Morgan fingerprint density at radius 2 is 1.83 bits per heavy atom. The topological polar surface area (TPSA) is 81.3 Å². The van der Waals surface area contributed by atoms with Crippen LogP contribution in [-0.4, -0.2) is 40.5 Å². The fourth-order valence-electron chi connectivity index (χ4n) is 4.12. The number of ether oxygens (including phenoxy) is 1. The summed E-state index contributed by atoms with van der Waals surface area (Å²) in [7, 11) is 0. The van der Waals surface area contributed by atoms with E-state index in [4.69, 9.17) is 15.5 Å². The maximum atomic E-state index is 12.0. The molecule has 1 aliphatic heterocycles. The van der Waals surface area contributed by atoms with Crippen LogP contribution in [0.15, 0.2) is 66.9 Å². The van der Waals surface area contributed by atoms with E-state index >= 15 is 0 Å². The van der Waals surface area contributed by atoms with Crippen LogP contribution in [0.1, 0.15) is 27.7 Å². The van der Waals surface area contributed by atoms with Crippen molar-refractivity contribution in [2.45, 2.75) is 12.6 Å². The minimum atomic E-state index is -0.453. The summed E-state index contributed by atoms with van der Waals surface area (Å²) in [6, 6.07) is 19.6. The molecule has 0 bridgehead atoms. The lowest BCUT2D eigenvalue weighted by atomic mass is 10.0. The first-order valence-corrected chi connectivity index (χ1v) is 10.0. The summed E-state index contributed by atoms with van der Waals surface area (Å²) in [5.41, 5.74) is 9.86. The van der Waals surface area contributed by atoms with Crippen molar-refractivity contribution in [3.63, 3.8) is 0 Å². The Morgan fingerprint density at radius 1 is 1.07 bits per heavy atom. The summed E-state index contributed by atoms with van der Waals surface area (Å²) in [5.74, 6) is -0.453. The van der Waals surface area contributed by atoms with Gasteiger partial charge in [0.05, 0.1) is 28.9 Å². The number of primary amides is 1. The Morgan fingerprint density at radius 3 is 2.67 bits per heavy atom. The molecule has 6 nitrogen and oxygen atoms in total. The van der Waals surface area contributed by atoms with Gasteiger partial charge in [0.2, 0.25) is 5.91 Å². The molecule has 2 aromatic heterocycles. The van der Waals surface area contributed by atoms with Crippen molar-refractivity contribution < 1.29 is 9.53 Å². The van der Waals surface area contributed by atoms with Gasteiger partial charge < -0.3 is 10.5 Å². The molecule has 3 heterocycles. The number of benzene rings is 2. The number of fused-ring (bicyclic) bond motifs is 2. The molecule has 30 heavy (non-hydrogen) atoms. The minimum absolute atomic E-state index is 0.213. The second-order valence-corrected chi connectivity index (χ2v) is 7.56. The average Bonchev–Trinajstić information content (AvgIpc) is 2.79. The zero-order chi connectivity index (χ0) is 20.5. The number of hydrogen-bond donors (Lipinski definition) is 1. The first-order chi connectivity index (χ1) is 14.7. The maximum Gasteiger partial charge on any atom is 0.249 e. The lowest BCUT2D eigenvalue weighted by molar-refractivity contribution is -0.0347. The third-order valence-corrected chi connectivity index (χ3v) is 5.62. The Kier molecular flexibility index (Phi) is 4.86. The molecule has 0 spiro atoms. The summed E-state index contributed by atoms with van der Waals surface area (Å²) >= 11 is 0. The zero-order valence-corrected chi connectivity index (χ0v) is 16.5. The Bertz CT molecular complexity index is 1240. The van der Waals surface area contributed by atoms with Gasteiger partial charge in [-0.1, -0.05) is 36.4 Å². The molecule has 1 saturated heterocycles. The van der Waals surface area contributed by atoms with Gasteiger partial charge in [-0.25, -0.2) is 4.98 Å². The number of amides is 1. The number of nitrogens with two attached hydrogens (primary N) is 1. The number of hydrogen-bond acceptors (Lipinski definition) is 5. The molecule has 1 fully saturated rings. The lowest BCUT2D eigenvalue weighted by Gasteiger charge is -2.33. The highest BCUT2D eigenvalue weighted by Crippen LogP contribution is 2.27. The Labute approximate surface area is 174 Å². The molecule has 2 aromatic carbocycles. The highest BCUT2D eigenvalue weighted by Gasteiger charge is 2.25. The van der Waals surface area contributed by atoms with Crippen LogP contribution in [0.2, 0.25) is 0 Å². The fourth-order valence-corrected chi connectivity index (χ4v) is 4.12. The number of para-hydroxylation sites is 2. The van der Waals surface area contributed by atoms with E-state index in [0.717, 1.165) is 35.2 Å². The molecule has 0 unspecified atom stereocenters. The molecule has 150 valence electrons. The molecule has 1 atom stereocenters. The zero-order valence-electron chi connectivity index (χ0n) is 16.5. The molecular formula is C24H22N4O2. The molecule has 4 aromatic rings. The summed E-state index contributed by atoms with van der Waals surface area (Å²) in [6.07, 6.45) is 1.65. The Hall–Kier alpha value is -3.35. The molecule has 0 saturated carbocycles. The van der Waals surface area contributed by atoms with Crippen LogP contribution in [0.25, 0.3) is 21.8 Å². The van der Waals surface area contributed by atoms with Crippen molar-refractivity contribution in [1.82, 2.24) is 14.9 Å². The number of carbonyl (C=O) groups excluding carboxylic acids is 1. The van der Waals surface area contributed by atoms with Crippen LogP contribution in [0.3, 0.4) is 0 Å². The Balaban J connectivity index is 1.44. The highest BCUT2D eigenvalue weighted by atomic mass is 16.5. The fraction of sp³-hybridized carbons (Fsp3) is 0.208. The molecule has 1 aliphatic rings. The van der Waals surface area contributed by atoms with Gasteiger partial charge in [0, 0.05) is 36.6 Å². The van der Waals surface area contributed by atoms with Gasteiger partial charge in [-0.05, 0) is 29.8 Å². The quantitative estimate of drug-likeness (QED) is 0.569. The minimum Gasteiger partial charge on any atom is -0.369 e. The van der Waals surface area contributed by atoms with Crippen molar-refractivity contribution in [2.24, 2.45) is 5.73 Å². The van der Waals surface area contributed by atoms with Gasteiger partial charge in [-0.2, -0.15) is 0 Å². The maximum absolute atomic E-state index is 12.0. The van der Waals surface area contributed by atoms with Crippen molar-refractivity contribution in [1.29, 1.82) is 0 Å². The van der Waals surface area contributed by atoms with Crippen molar-refractivity contribution in [3.05, 3.63) is 83.7 Å². The summed E-state index contributed by atoms with van der Waals surface area (Å²) in [5, 5.41) is 1.94. The van der Waals surface area contributed by atoms with E-state index in [1.54, 1.807) is 6.07 Å². The number of carbonyl (C=O) groups is 1. The number of rotatable bonds is 4. The van der Waals surface area contributed by atoms with Gasteiger partial charge in [0.15, 0.2) is 0 Å². The second kappa shape index (κ2) is 7.82. The van der Waals surface area contributed by atoms with E-state index in [-0.39, 0.29) is 6.10 Å². The van der Waals surface area contributed by atoms with Crippen LogP contribution < -0.4 is 5.73 Å². The SMILES string of the molecule is NC(=O)c1cc([C@@H]2CN(Cc3ccnc4ccccc34)CCO2)nc2ccccc12. The van der Waals surface area contributed by atoms with Crippen molar-refractivity contribution in [3.8, 4) is 0 Å². The smallest absolute Gasteiger partial charge is 0.249 e. The molecular weight excluding hydrogens is 376 g/mol. The van der Waals surface area contributed by atoms with E-state index in [9.17, 15) is 4.79 Å². The van der Waals surface area contributed by atoms with Crippen LogP contribution in [0.5, 0.6) is 0 Å². The van der Waals surface area contributed by atoms with E-state index in [0.29, 0.717) is 18.7 Å². The first kappa shape index (κ1) is 18.7. The first-order valence-electron chi connectivity index (χ1n) is 10.0. The van der Waals surface area contributed by atoms with Gasteiger partial charge in [0.25, 0.3) is 0 Å². The molecule has 1 amide bonds. The molecule has 6 heteroatoms. The number of nitrogens with zero attached hydrogens (tertiary/aromatic N) is 3. The lowest BCUT2D eigenvalue weighted by Crippen LogP contribution is -2.38. The third kappa shape index (κ3) is 3.51. The third-order valence-electron chi connectivity index (χ3n) is 5.62. The largest absolute Gasteiger partial charge is 0.369 e. The van der Waals surface area contributed by atoms with Gasteiger partial charge in [-0.3, -0.25) is 14.7 Å². The number of pyridine rings is 2. The number of morpholine rings is 1. The van der Waals surface area contributed by atoms with Crippen LogP contribution >= 0.6 is 0 Å². The van der Waals surface area contributed by atoms with E-state index in [2.05, 4.69) is 22.0 Å². The predicted octanol–water partition coefficient (Wildman–Crippen LogP) is 3.46. The van der Waals surface area contributed by atoms with Gasteiger partial charge >= 0.3 is 0 Å². The monoisotopic (exact) mass is 398 g/mol. The summed E-state index contributed by atoms with van der Waals surface area (Å²) in [4.78, 5) is 23.6. The standard InChI is InChI=1S/C24H22N4O2/c25-24(29)19-13-22(27-21-8-4-2-6-18(19)21)23-15-28(11-12-30-23)14-16-9-10-26-20-7-3-1-5-17(16)20/h1-10,13,23H,11-12,14-15H2,(H2,25,29)/t23-/m0/s1. The normalized spacial score (nSPS) is 17.4. The predicted molar refractivity (Wildman–Crippen MR) is 116 cm³/mol. The van der Waals surface area contributed by atoms with Gasteiger partial charge in [0.1, 0.15) is 6.10 Å². The molecule has 2 N–H and O–H groups in total. The molecule has 5 rings (SSSR count). The summed E-state index contributed by atoms with van der Waals surface area (Å²) in [6.45, 7) is 2.94. The van der Waals surface area contributed by atoms with E-state index < -0.39 is 5.91 Å².